The van der Waals surface area contributed by atoms with E-state index in [2.05, 4.69) is 21.2 Å². The van der Waals surface area contributed by atoms with Gasteiger partial charge in [0.05, 0.1) is 18.3 Å². The number of rotatable bonds is 6. The number of hydrogen-bond donors (Lipinski definition) is 2. The van der Waals surface area contributed by atoms with E-state index >= 15 is 0 Å². The summed E-state index contributed by atoms with van der Waals surface area (Å²) in [6.07, 6.45) is 3.63. The summed E-state index contributed by atoms with van der Waals surface area (Å²) in [5, 5.41) is 14.6. The van der Waals surface area contributed by atoms with Crippen LogP contribution in [0.5, 0.6) is 11.5 Å². The lowest BCUT2D eigenvalue weighted by atomic mass is 10.1. The van der Waals surface area contributed by atoms with Gasteiger partial charge in [0.2, 0.25) is 0 Å². The molecule has 3 aromatic carbocycles. The van der Waals surface area contributed by atoms with Gasteiger partial charge in [0.25, 0.3) is 5.91 Å². The molecule has 2 N–H and O–H groups in total. The van der Waals surface area contributed by atoms with Gasteiger partial charge in [-0.2, -0.15) is 5.10 Å². The van der Waals surface area contributed by atoms with E-state index in [0.29, 0.717) is 5.56 Å². The number of nitrogens with zero attached hydrogens (tertiary/aromatic N) is 2. The van der Waals surface area contributed by atoms with E-state index in [9.17, 15) is 9.90 Å². The second kappa shape index (κ2) is 8.93. The number of aromatic hydroxyl groups is 1. The molecule has 1 aromatic heterocycles. The first-order valence-corrected chi connectivity index (χ1v) is 9.95. The monoisotopic (exact) mass is 433 g/mol. The fraction of sp³-hybridized carbons (Fsp3) is 0.0833. The standard InChI is InChI=1S/C24H20ClN3O3/c1-31-20-4-2-3-17(12-20)15-28-10-9-18-11-16(5-7-22(18)28)14-26-27-24(30)19-6-8-23(29)21(25)13-19/h2-14,29H,15H2,1H3,(H,27,30)/b26-14+. The normalized spacial score (nSPS) is 11.2. The molecule has 31 heavy (non-hydrogen) atoms. The van der Waals surface area contributed by atoms with Crippen LogP contribution >= 0.6 is 11.6 Å². The van der Waals surface area contributed by atoms with Crippen molar-refractivity contribution in [2.24, 2.45) is 5.10 Å². The highest BCUT2D eigenvalue weighted by Crippen LogP contribution is 2.23. The number of hydrogen-bond acceptors (Lipinski definition) is 4. The lowest BCUT2D eigenvalue weighted by Crippen LogP contribution is -2.17. The molecule has 0 unspecified atom stereocenters. The van der Waals surface area contributed by atoms with Gasteiger partial charge in [-0.1, -0.05) is 29.8 Å². The van der Waals surface area contributed by atoms with Crippen molar-refractivity contribution in [2.45, 2.75) is 6.54 Å². The van der Waals surface area contributed by atoms with E-state index in [1.165, 1.54) is 18.2 Å². The van der Waals surface area contributed by atoms with Gasteiger partial charge in [-0.15, -0.1) is 0 Å². The molecule has 0 radical (unpaired) electrons. The number of nitrogens with one attached hydrogen (secondary N) is 1. The molecule has 0 spiro atoms. The van der Waals surface area contributed by atoms with Gasteiger partial charge in [-0.25, -0.2) is 5.43 Å². The maximum Gasteiger partial charge on any atom is 0.271 e. The molecular formula is C24H20ClN3O3. The molecule has 0 fully saturated rings. The van der Waals surface area contributed by atoms with E-state index in [1.54, 1.807) is 13.3 Å². The van der Waals surface area contributed by atoms with E-state index < -0.39 is 5.91 Å². The van der Waals surface area contributed by atoms with Crippen LogP contribution in [0.2, 0.25) is 5.02 Å². The molecule has 156 valence electrons. The molecule has 4 rings (SSSR count). The van der Waals surface area contributed by atoms with Crippen LogP contribution in [0.15, 0.2) is 78.0 Å². The van der Waals surface area contributed by atoms with Gasteiger partial charge in [0.1, 0.15) is 11.5 Å². The summed E-state index contributed by atoms with van der Waals surface area (Å²) in [7, 11) is 1.66. The summed E-state index contributed by atoms with van der Waals surface area (Å²) in [6, 6.07) is 20.3. The first-order chi connectivity index (χ1) is 15.0. The Balaban J connectivity index is 1.45. The highest BCUT2D eigenvalue weighted by atomic mass is 35.5. The second-order valence-electron chi connectivity index (χ2n) is 6.98. The third-order valence-corrected chi connectivity index (χ3v) is 5.17. The Hall–Kier alpha value is -3.77. The molecule has 6 nitrogen and oxygen atoms in total. The van der Waals surface area contributed by atoms with Gasteiger partial charge in [0, 0.05) is 29.2 Å². The van der Waals surface area contributed by atoms with Crippen molar-refractivity contribution in [3.8, 4) is 11.5 Å². The summed E-state index contributed by atoms with van der Waals surface area (Å²) in [6.45, 7) is 0.735. The Labute approximate surface area is 184 Å². The third-order valence-electron chi connectivity index (χ3n) is 4.87. The predicted octanol–water partition coefficient (Wildman–Crippen LogP) is 4.82. The third kappa shape index (κ3) is 4.70. The summed E-state index contributed by atoms with van der Waals surface area (Å²) in [4.78, 5) is 12.2. The van der Waals surface area contributed by atoms with Crippen molar-refractivity contribution in [3.05, 3.63) is 94.6 Å². The smallest absolute Gasteiger partial charge is 0.271 e. The number of methoxy groups -OCH3 is 1. The van der Waals surface area contributed by atoms with Gasteiger partial charge in [0.15, 0.2) is 0 Å². The Morgan fingerprint density at radius 2 is 2.03 bits per heavy atom. The van der Waals surface area contributed by atoms with Crippen molar-refractivity contribution >= 4 is 34.6 Å². The predicted molar refractivity (Wildman–Crippen MR) is 122 cm³/mol. The number of ether oxygens (including phenoxy) is 1. The zero-order chi connectivity index (χ0) is 21.8. The molecule has 7 heteroatoms. The van der Waals surface area contributed by atoms with Crippen LogP contribution < -0.4 is 10.2 Å². The van der Waals surface area contributed by atoms with Gasteiger partial charge >= 0.3 is 0 Å². The highest BCUT2D eigenvalue weighted by Gasteiger charge is 2.07. The molecule has 0 aliphatic heterocycles. The van der Waals surface area contributed by atoms with E-state index in [1.807, 2.05) is 48.7 Å². The SMILES string of the molecule is COc1cccc(Cn2ccc3cc(/C=N/NC(=O)c4ccc(O)c(Cl)c4)ccc32)c1. The van der Waals surface area contributed by atoms with Crippen LogP contribution in [0.1, 0.15) is 21.5 Å². The number of amides is 1. The average molecular weight is 434 g/mol. The molecule has 0 aliphatic carbocycles. The van der Waals surface area contributed by atoms with Gasteiger partial charge < -0.3 is 14.4 Å². The van der Waals surface area contributed by atoms with Gasteiger partial charge in [-0.3, -0.25) is 4.79 Å². The average Bonchev–Trinajstić information content (AvgIpc) is 3.17. The maximum atomic E-state index is 12.2. The Bertz CT molecular complexity index is 1280. The molecule has 0 bridgehead atoms. The molecule has 4 aromatic rings. The lowest BCUT2D eigenvalue weighted by Gasteiger charge is -2.08. The number of benzene rings is 3. The number of phenolic OH excluding ortho intramolecular Hbond substituents is 1. The Kier molecular flexibility index (Phi) is 5.91. The molecule has 1 heterocycles. The van der Waals surface area contributed by atoms with Crippen molar-refractivity contribution < 1.29 is 14.6 Å². The van der Waals surface area contributed by atoms with Crippen LogP contribution in [0, 0.1) is 0 Å². The van der Waals surface area contributed by atoms with Crippen molar-refractivity contribution in [1.29, 1.82) is 0 Å². The first kappa shape index (κ1) is 20.5. The quantitative estimate of drug-likeness (QED) is 0.338. The maximum absolute atomic E-state index is 12.2. The van der Waals surface area contributed by atoms with Crippen LogP contribution in [-0.2, 0) is 6.54 Å². The zero-order valence-electron chi connectivity index (χ0n) is 16.7. The van der Waals surface area contributed by atoms with Gasteiger partial charge in [-0.05, 0) is 59.7 Å². The zero-order valence-corrected chi connectivity index (χ0v) is 17.5. The summed E-state index contributed by atoms with van der Waals surface area (Å²) < 4.78 is 7.47. The number of carbonyl (C=O) groups excluding carboxylic acids is 1. The summed E-state index contributed by atoms with van der Waals surface area (Å²) in [5.74, 6) is 0.348. The fourth-order valence-corrected chi connectivity index (χ4v) is 3.46. The fourth-order valence-electron chi connectivity index (χ4n) is 3.28. The lowest BCUT2D eigenvalue weighted by molar-refractivity contribution is 0.0955. The molecule has 0 saturated carbocycles. The molecular weight excluding hydrogens is 414 g/mol. The summed E-state index contributed by atoms with van der Waals surface area (Å²) in [5.41, 5.74) is 5.88. The van der Waals surface area contributed by atoms with Crippen LogP contribution in [0.4, 0.5) is 0 Å². The van der Waals surface area contributed by atoms with Crippen molar-refractivity contribution in [2.75, 3.05) is 7.11 Å². The van der Waals surface area contributed by atoms with Crippen molar-refractivity contribution in [3.63, 3.8) is 0 Å². The topological polar surface area (TPSA) is 75.8 Å². The Morgan fingerprint density at radius 3 is 2.84 bits per heavy atom. The largest absolute Gasteiger partial charge is 0.506 e. The van der Waals surface area contributed by atoms with Crippen LogP contribution in [-0.4, -0.2) is 28.9 Å². The minimum atomic E-state index is -0.413. The van der Waals surface area contributed by atoms with Crippen molar-refractivity contribution in [1.82, 2.24) is 9.99 Å². The van der Waals surface area contributed by atoms with Crippen LogP contribution in [0.3, 0.4) is 0 Å². The number of carbonyl (C=O) groups is 1. The number of phenols is 1. The molecule has 0 atom stereocenters. The minimum Gasteiger partial charge on any atom is -0.506 e. The molecule has 0 aliphatic rings. The minimum absolute atomic E-state index is 0.0756. The van der Waals surface area contributed by atoms with E-state index in [-0.39, 0.29) is 10.8 Å². The number of halogens is 1. The number of hydrazone groups is 1. The van der Waals surface area contributed by atoms with Crippen LogP contribution in [0.25, 0.3) is 10.9 Å². The number of fused-ring (bicyclic) bond motifs is 1. The number of aromatic nitrogens is 1. The highest BCUT2D eigenvalue weighted by molar-refractivity contribution is 6.32. The first-order valence-electron chi connectivity index (χ1n) is 9.57. The van der Waals surface area contributed by atoms with E-state index in [0.717, 1.165) is 34.3 Å². The van der Waals surface area contributed by atoms with E-state index in [4.69, 9.17) is 16.3 Å². The summed E-state index contributed by atoms with van der Waals surface area (Å²) >= 11 is 5.83. The Morgan fingerprint density at radius 1 is 1.16 bits per heavy atom. The molecule has 1 amide bonds. The second-order valence-corrected chi connectivity index (χ2v) is 7.39. The molecule has 0 saturated heterocycles.